The van der Waals surface area contributed by atoms with Gasteiger partial charge in [0, 0.05) is 21.8 Å². The molecule has 3 nitrogen and oxygen atoms in total. The average Bonchev–Trinajstić information content (AvgIpc) is 3.25. The van der Waals surface area contributed by atoms with Gasteiger partial charge in [0.15, 0.2) is 6.67 Å². The Hall–Kier alpha value is 0.955. The highest BCUT2D eigenvalue weighted by Gasteiger charge is 2.36. The van der Waals surface area contributed by atoms with E-state index in [9.17, 15) is 17.6 Å². The van der Waals surface area contributed by atoms with Crippen LogP contribution in [0.15, 0.2) is 0 Å². The first-order valence-corrected chi connectivity index (χ1v) is 33.8. The summed E-state index contributed by atoms with van der Waals surface area (Å²) < 4.78 is 41.6. The minimum absolute atomic E-state index is 0.562. The molecule has 0 aliphatic heterocycles. The van der Waals surface area contributed by atoms with Crippen LogP contribution in [0.4, 0.5) is 17.6 Å². The molecule has 61 heavy (non-hydrogen) atoms. The first-order valence-electron chi connectivity index (χ1n) is 26.2. The fourth-order valence-corrected chi connectivity index (χ4v) is 23.8. The van der Waals surface area contributed by atoms with Crippen molar-refractivity contribution in [3.8, 4) is 0 Å². The van der Waals surface area contributed by atoms with Gasteiger partial charge in [-0.1, -0.05) is 160 Å². The number of hydrogen-bond acceptors (Lipinski definition) is 3. The molecule has 0 aliphatic rings. The van der Waals surface area contributed by atoms with Crippen LogP contribution in [-0.4, -0.2) is 94.1 Å². The first-order chi connectivity index (χ1) is 29.0. The Labute approximate surface area is 384 Å². The molecule has 0 bridgehead atoms. The molecule has 0 N–H and O–H groups in total. The molecule has 0 fully saturated rings. The molecule has 0 saturated carbocycles. The SMILES string of the molecule is CCCC[P+](CCCC)(CCCC)CCCC.CCCC[P+](CCCC)(CCCC)CCCC.CCCC[P+](CCCC)(CCCC)CCCC.FCC(F)(F)F.[O-]B([O-])[O-]. The molecule has 0 aliphatic carbocycles. The van der Waals surface area contributed by atoms with Crippen molar-refractivity contribution in [1.82, 2.24) is 0 Å². The van der Waals surface area contributed by atoms with E-state index >= 15 is 0 Å². The summed E-state index contributed by atoms with van der Waals surface area (Å²) in [7, 11) is -4.60. The van der Waals surface area contributed by atoms with E-state index in [4.69, 9.17) is 15.1 Å². The normalized spacial score (nSPS) is 11.7. The Balaban J connectivity index is -0.000000230. The summed E-state index contributed by atoms with van der Waals surface area (Å²) in [4.78, 5) is 0. The van der Waals surface area contributed by atoms with Crippen LogP contribution in [0.5, 0.6) is 0 Å². The highest BCUT2D eigenvalue weighted by molar-refractivity contribution is 7.76. The van der Waals surface area contributed by atoms with E-state index in [1.165, 1.54) is 154 Å². The lowest BCUT2D eigenvalue weighted by atomic mass is 10.3. The van der Waals surface area contributed by atoms with Gasteiger partial charge >= 0.3 is 6.18 Å². The maximum absolute atomic E-state index is 10.4. The van der Waals surface area contributed by atoms with Gasteiger partial charge < -0.3 is 15.1 Å². The largest absolute Gasteiger partial charge is 0.907 e. The standard InChI is InChI=1S/3C16H36P.C2H2F4.BO3/c3*1-5-9-13-17(14-10-6-2,15-11-7-3)16-12-8-4;3-1-2(4,5)6;2-1(3)4/h3*5-16H2,1-4H3;1H2;/q3*+1;;-3. The summed E-state index contributed by atoms with van der Waals surface area (Å²) in [6.45, 7) is 26.0. The number of unbranched alkanes of at least 4 members (excludes halogenated alkanes) is 12. The van der Waals surface area contributed by atoms with Crippen molar-refractivity contribution >= 4 is 29.1 Å². The third-order valence-corrected chi connectivity index (χ3v) is 27.2. The maximum atomic E-state index is 10.4. The third kappa shape index (κ3) is 51.8. The second kappa shape index (κ2) is 51.9. The quantitative estimate of drug-likeness (QED) is 0.0357. The Morgan fingerprint density at radius 2 is 0.377 bits per heavy atom. The smallest absolute Gasteiger partial charge is 0.416 e. The van der Waals surface area contributed by atoms with Crippen molar-refractivity contribution in [2.75, 3.05) is 80.6 Å². The second-order valence-electron chi connectivity index (χ2n) is 18.0. The molecular formula is C50H110BF4O3P3. The van der Waals surface area contributed by atoms with Gasteiger partial charge in [0.2, 0.25) is 0 Å². The third-order valence-electron chi connectivity index (χ3n) is 12.0. The summed E-state index contributed by atoms with van der Waals surface area (Å²) in [5.74, 6) is 0. The van der Waals surface area contributed by atoms with Crippen molar-refractivity contribution in [3.05, 3.63) is 0 Å². The summed E-state index contributed by atoms with van der Waals surface area (Å²) in [5, 5.41) is 25.2. The second-order valence-corrected chi connectivity index (χ2v) is 31.4. The van der Waals surface area contributed by atoms with Crippen LogP contribution in [0.3, 0.4) is 0 Å². The summed E-state index contributed by atoms with van der Waals surface area (Å²) in [6, 6.07) is 0. The fraction of sp³-hybridized carbons (Fsp3) is 1.00. The Morgan fingerprint density at radius 3 is 0.426 bits per heavy atom. The molecule has 0 saturated heterocycles. The number of rotatable bonds is 36. The highest BCUT2D eigenvalue weighted by Crippen LogP contribution is 2.63. The Bertz CT molecular complexity index is 612. The molecular weight excluding hydrogens is 828 g/mol. The van der Waals surface area contributed by atoms with Crippen molar-refractivity contribution in [1.29, 1.82) is 0 Å². The molecule has 0 heterocycles. The zero-order chi connectivity index (χ0) is 47.7. The van der Waals surface area contributed by atoms with E-state index in [-0.39, 0.29) is 0 Å². The van der Waals surface area contributed by atoms with E-state index in [0.717, 1.165) is 0 Å². The molecule has 0 spiro atoms. The molecule has 0 rings (SSSR count). The number of halogens is 4. The predicted octanol–water partition coefficient (Wildman–Crippen LogP) is 16.2. The lowest BCUT2D eigenvalue weighted by Crippen LogP contribution is -2.56. The Morgan fingerprint density at radius 1 is 0.295 bits per heavy atom. The van der Waals surface area contributed by atoms with Gasteiger partial charge in [-0.25, -0.2) is 4.39 Å². The van der Waals surface area contributed by atoms with E-state index in [2.05, 4.69) is 83.1 Å². The predicted molar refractivity (Wildman–Crippen MR) is 276 cm³/mol. The summed E-state index contributed by atoms with van der Waals surface area (Å²) in [6.07, 6.45) is 49.2. The number of alkyl halides is 4. The molecule has 374 valence electrons. The lowest BCUT2D eigenvalue weighted by Gasteiger charge is -2.35. The molecule has 0 atom stereocenters. The molecule has 0 aromatic heterocycles. The molecule has 11 heteroatoms. The molecule has 0 aromatic rings. The van der Waals surface area contributed by atoms with Crippen LogP contribution in [0.1, 0.15) is 237 Å². The minimum atomic E-state index is -4.62. The summed E-state index contributed by atoms with van der Waals surface area (Å²) >= 11 is 0. The van der Waals surface area contributed by atoms with Gasteiger partial charge in [-0.05, 0) is 77.0 Å². The maximum Gasteiger partial charge on any atom is 0.416 e. The van der Waals surface area contributed by atoms with Gasteiger partial charge in [0.1, 0.15) is 0 Å². The molecule has 0 aromatic carbocycles. The van der Waals surface area contributed by atoms with E-state index in [1.807, 2.05) is 0 Å². The van der Waals surface area contributed by atoms with Crippen LogP contribution in [0, 0.1) is 0 Å². The van der Waals surface area contributed by atoms with Crippen LogP contribution < -0.4 is 15.1 Å². The van der Waals surface area contributed by atoms with E-state index in [1.54, 1.807) is 73.9 Å². The van der Waals surface area contributed by atoms with Gasteiger partial charge in [-0.2, -0.15) is 13.2 Å². The monoisotopic (exact) mass is 939 g/mol. The number of hydrogen-bond donors (Lipinski definition) is 0. The van der Waals surface area contributed by atoms with E-state index in [0.29, 0.717) is 0 Å². The van der Waals surface area contributed by atoms with E-state index < -0.39 is 42.0 Å². The van der Waals surface area contributed by atoms with Gasteiger partial charge in [0.25, 0.3) is 0 Å². The van der Waals surface area contributed by atoms with Crippen LogP contribution in [0.25, 0.3) is 0 Å². The minimum Gasteiger partial charge on any atom is -0.907 e. The summed E-state index contributed by atoms with van der Waals surface area (Å²) in [5.41, 5.74) is 0. The Kier molecular flexibility index (Phi) is 60.4. The highest BCUT2D eigenvalue weighted by atomic mass is 31.2. The van der Waals surface area contributed by atoms with Crippen molar-refractivity contribution in [2.24, 2.45) is 0 Å². The molecule has 0 amide bonds. The van der Waals surface area contributed by atoms with Crippen LogP contribution in [-0.2, 0) is 0 Å². The van der Waals surface area contributed by atoms with Crippen LogP contribution >= 0.6 is 21.8 Å². The zero-order valence-electron chi connectivity index (χ0n) is 43.3. The molecule has 0 radical (unpaired) electrons. The van der Waals surface area contributed by atoms with Gasteiger partial charge in [-0.3, -0.25) is 7.32 Å². The fourth-order valence-electron chi connectivity index (χ4n) is 7.93. The lowest BCUT2D eigenvalue weighted by molar-refractivity contribution is -0.479. The van der Waals surface area contributed by atoms with Crippen molar-refractivity contribution in [3.63, 3.8) is 0 Å². The average molecular weight is 939 g/mol. The van der Waals surface area contributed by atoms with Gasteiger partial charge in [0.05, 0.1) is 73.9 Å². The van der Waals surface area contributed by atoms with Crippen molar-refractivity contribution in [2.45, 2.75) is 243 Å². The molecule has 0 unspecified atom stereocenters. The van der Waals surface area contributed by atoms with Gasteiger partial charge in [-0.15, -0.1) is 0 Å². The van der Waals surface area contributed by atoms with Crippen LogP contribution in [0.2, 0.25) is 0 Å². The topological polar surface area (TPSA) is 69.2 Å². The van der Waals surface area contributed by atoms with Crippen molar-refractivity contribution < 1.29 is 32.6 Å². The first kappa shape index (κ1) is 71.0. The zero-order valence-corrected chi connectivity index (χ0v) is 46.0.